The van der Waals surface area contributed by atoms with Crippen LogP contribution in [0.2, 0.25) is 0 Å². The quantitative estimate of drug-likeness (QED) is 0.123. The molecule has 4 rings (SSSR count). The van der Waals surface area contributed by atoms with E-state index in [1.54, 1.807) is 49.8 Å². The Morgan fingerprint density at radius 3 is 2.48 bits per heavy atom. The van der Waals surface area contributed by atoms with Crippen LogP contribution in [-0.2, 0) is 25.5 Å². The third-order valence-corrected chi connectivity index (χ3v) is 10.3. The van der Waals surface area contributed by atoms with Crippen LogP contribution >= 0.6 is 11.3 Å². The van der Waals surface area contributed by atoms with Crippen molar-refractivity contribution in [2.45, 2.75) is 103 Å². The van der Waals surface area contributed by atoms with Gasteiger partial charge >= 0.3 is 6.09 Å². The number of nitrogens with one attached hydrogen (secondary N) is 2. The molecule has 294 valence electrons. The van der Waals surface area contributed by atoms with Crippen molar-refractivity contribution in [3.8, 4) is 16.2 Å². The first kappa shape index (κ1) is 42.1. The molecule has 0 unspecified atom stereocenters. The number of rotatable bonds is 17. The second-order valence-corrected chi connectivity index (χ2v) is 15.7. The fourth-order valence-electron chi connectivity index (χ4n) is 6.23. The largest absolute Gasteiger partial charge is 0.489 e. The van der Waals surface area contributed by atoms with E-state index >= 15 is 4.39 Å². The maximum Gasteiger partial charge on any atom is 0.407 e. The Labute approximate surface area is 320 Å². The highest BCUT2D eigenvalue weighted by molar-refractivity contribution is 7.13. The first-order valence-electron chi connectivity index (χ1n) is 18.2. The van der Waals surface area contributed by atoms with E-state index in [0.29, 0.717) is 31.2 Å². The number of likely N-dealkylation sites (tertiary alicyclic amines) is 1. The number of carbonyl (C=O) groups excluding carboxylic acids is 4. The molecule has 0 spiro atoms. The molecule has 2 heterocycles. The molecule has 1 fully saturated rings. The number of amides is 4. The number of aromatic nitrogens is 1. The zero-order valence-corrected chi connectivity index (χ0v) is 32.4. The van der Waals surface area contributed by atoms with Gasteiger partial charge in [-0.1, -0.05) is 57.2 Å². The fraction of sp³-hybridized carbons (Fsp3) is 0.513. The van der Waals surface area contributed by atoms with Crippen molar-refractivity contribution in [1.29, 1.82) is 0 Å². The number of β-amino-alcohol motifs (C(OH)–C–C–N with tert-alkyl or cyclic N) is 1. The van der Waals surface area contributed by atoms with Crippen LogP contribution in [0.5, 0.6) is 5.75 Å². The van der Waals surface area contributed by atoms with E-state index < -0.39 is 59.3 Å². The minimum atomic E-state index is -1.05. The lowest BCUT2D eigenvalue weighted by Crippen LogP contribution is -2.58. The third kappa shape index (κ3) is 11.7. The summed E-state index contributed by atoms with van der Waals surface area (Å²) in [6.45, 7) is 9.19. The lowest BCUT2D eigenvalue weighted by Gasteiger charge is -2.35. The summed E-state index contributed by atoms with van der Waals surface area (Å²) in [6, 6.07) is 9.86. The summed E-state index contributed by atoms with van der Waals surface area (Å²) in [5.41, 5.74) is 15.4. The summed E-state index contributed by atoms with van der Waals surface area (Å²) in [6.07, 6.45) is 0.103. The van der Waals surface area contributed by atoms with Gasteiger partial charge in [-0.3, -0.25) is 14.4 Å². The van der Waals surface area contributed by atoms with Gasteiger partial charge in [0.1, 0.15) is 18.7 Å². The highest BCUT2D eigenvalue weighted by Crippen LogP contribution is 2.30. The van der Waals surface area contributed by atoms with Crippen molar-refractivity contribution in [2.75, 3.05) is 19.8 Å². The highest BCUT2D eigenvalue weighted by atomic mass is 32.1. The molecule has 1 saturated heterocycles. The zero-order chi connectivity index (χ0) is 39.6. The highest BCUT2D eigenvalue weighted by Gasteiger charge is 2.45. The van der Waals surface area contributed by atoms with Gasteiger partial charge in [-0.15, -0.1) is 11.3 Å². The molecular formula is C39H53FN6O7S. The lowest BCUT2D eigenvalue weighted by atomic mass is 9.85. The van der Waals surface area contributed by atoms with E-state index in [0.717, 1.165) is 21.7 Å². The number of halogens is 1. The summed E-state index contributed by atoms with van der Waals surface area (Å²) in [5, 5.41) is 16.2. The molecule has 0 radical (unpaired) electrons. The van der Waals surface area contributed by atoms with E-state index in [4.69, 9.17) is 20.9 Å². The number of alkyl carbamates (subject to hydrolysis) is 1. The molecule has 7 N–H and O–H groups in total. The third-order valence-electron chi connectivity index (χ3n) is 9.35. The number of thiazole rings is 1. The number of benzene rings is 2. The summed E-state index contributed by atoms with van der Waals surface area (Å²) in [4.78, 5) is 58.1. The normalized spacial score (nSPS) is 17.4. The summed E-state index contributed by atoms with van der Waals surface area (Å²) < 4.78 is 26.0. The molecule has 5 atom stereocenters. The standard InChI is InChI=1S/C39H53FN6O7S/c1-23(25-12-14-27(15-13-25)34-24(2)43-22-54-34)44-36(49)30-19-29(47)20-46(30)37(50)35(39(3,4)5)45-38(51)52-18-7-6-9-26-10-8-11-31(33(26)40)53-21-28(41)16-17-32(42)48/h8,10-15,22-23,28-30,35,47H,6-7,9,16-21,41H2,1-5H3,(H2,42,48)(H,44,49)(H,45,51)/t23-,28-,29+,30-,35+/m0/s1. The van der Waals surface area contributed by atoms with E-state index in [-0.39, 0.29) is 44.4 Å². The molecule has 4 amide bonds. The number of hydrogen-bond donors (Lipinski definition) is 5. The van der Waals surface area contributed by atoms with Crippen LogP contribution in [0.15, 0.2) is 48.0 Å². The SMILES string of the molecule is Cc1ncsc1-c1ccc([C@H](C)NC(=O)[C@@H]2C[C@@H](O)CN2C(=O)[C@@H](NC(=O)OCCCCc2cccc(OC[C@@H](N)CCC(N)=O)c2F)C(C)(C)C)cc1. The minimum Gasteiger partial charge on any atom is -0.489 e. The van der Waals surface area contributed by atoms with Crippen molar-refractivity contribution >= 4 is 35.2 Å². The van der Waals surface area contributed by atoms with Crippen molar-refractivity contribution in [3.05, 3.63) is 70.6 Å². The number of carbonyl (C=O) groups is 4. The fourth-order valence-corrected chi connectivity index (χ4v) is 7.04. The Morgan fingerprint density at radius 2 is 1.83 bits per heavy atom. The molecule has 1 aliphatic rings. The molecule has 1 aromatic heterocycles. The Morgan fingerprint density at radius 1 is 1.11 bits per heavy atom. The second kappa shape index (κ2) is 19.1. The molecule has 54 heavy (non-hydrogen) atoms. The van der Waals surface area contributed by atoms with Crippen molar-refractivity contribution < 1.29 is 38.1 Å². The predicted molar refractivity (Wildman–Crippen MR) is 204 cm³/mol. The number of nitrogens with two attached hydrogens (primary N) is 2. The summed E-state index contributed by atoms with van der Waals surface area (Å²) >= 11 is 1.56. The first-order chi connectivity index (χ1) is 25.5. The number of aliphatic hydroxyl groups is 1. The van der Waals surface area contributed by atoms with E-state index in [1.165, 1.54) is 11.0 Å². The van der Waals surface area contributed by atoms with E-state index in [1.807, 2.05) is 38.1 Å². The Hall–Kier alpha value is -4.60. The second-order valence-electron chi connectivity index (χ2n) is 14.9. The average Bonchev–Trinajstić information content (AvgIpc) is 3.74. The van der Waals surface area contributed by atoms with Gasteiger partial charge in [-0.05, 0) is 67.7 Å². The van der Waals surface area contributed by atoms with Gasteiger partial charge in [0, 0.05) is 25.4 Å². The number of unbranched alkanes of at least 4 members (excludes halogenated alkanes) is 1. The topological polar surface area (TPSA) is 199 Å². The Kier molecular flexibility index (Phi) is 14.9. The molecule has 0 bridgehead atoms. The zero-order valence-electron chi connectivity index (χ0n) is 31.6. The first-order valence-corrected chi connectivity index (χ1v) is 19.1. The van der Waals surface area contributed by atoms with Gasteiger partial charge < -0.3 is 41.6 Å². The summed E-state index contributed by atoms with van der Waals surface area (Å²) in [5.74, 6) is -1.81. The predicted octanol–water partition coefficient (Wildman–Crippen LogP) is 4.53. The molecule has 0 aliphatic carbocycles. The van der Waals surface area contributed by atoms with Crippen molar-refractivity contribution in [2.24, 2.45) is 16.9 Å². The molecule has 15 heteroatoms. The smallest absolute Gasteiger partial charge is 0.407 e. The van der Waals surface area contributed by atoms with Crippen LogP contribution < -0.4 is 26.8 Å². The monoisotopic (exact) mass is 768 g/mol. The minimum absolute atomic E-state index is 0.0273. The van der Waals surface area contributed by atoms with Crippen LogP contribution in [0, 0.1) is 18.2 Å². The number of aryl methyl sites for hydroxylation is 2. The van der Waals surface area contributed by atoms with E-state index in [9.17, 15) is 24.3 Å². The van der Waals surface area contributed by atoms with Gasteiger partial charge in [0.25, 0.3) is 0 Å². The number of aliphatic hydroxyl groups excluding tert-OH is 1. The van der Waals surface area contributed by atoms with E-state index in [2.05, 4.69) is 15.6 Å². The number of hydrogen-bond acceptors (Lipinski definition) is 10. The number of primary amides is 1. The van der Waals surface area contributed by atoms with Crippen LogP contribution in [-0.4, -0.2) is 82.8 Å². The molecular weight excluding hydrogens is 716 g/mol. The summed E-state index contributed by atoms with van der Waals surface area (Å²) in [7, 11) is 0. The maximum absolute atomic E-state index is 15.0. The van der Waals surface area contributed by atoms with Crippen LogP contribution in [0.25, 0.3) is 10.4 Å². The Balaban J connectivity index is 1.27. The van der Waals surface area contributed by atoms with Crippen molar-refractivity contribution in [1.82, 2.24) is 20.5 Å². The van der Waals surface area contributed by atoms with Crippen LogP contribution in [0.4, 0.5) is 9.18 Å². The van der Waals surface area contributed by atoms with Gasteiger partial charge in [0.2, 0.25) is 17.7 Å². The van der Waals surface area contributed by atoms with Crippen LogP contribution in [0.1, 0.15) is 82.7 Å². The molecule has 2 aromatic carbocycles. The molecule has 3 aromatic rings. The van der Waals surface area contributed by atoms with Gasteiger partial charge in [-0.2, -0.15) is 0 Å². The average molecular weight is 769 g/mol. The lowest BCUT2D eigenvalue weighted by molar-refractivity contribution is -0.142. The van der Waals surface area contributed by atoms with Gasteiger partial charge in [0.05, 0.1) is 34.8 Å². The molecule has 0 saturated carbocycles. The molecule has 13 nitrogen and oxygen atoms in total. The number of ether oxygens (including phenoxy) is 2. The molecule has 1 aliphatic heterocycles. The van der Waals surface area contributed by atoms with Crippen LogP contribution in [0.3, 0.4) is 0 Å². The maximum atomic E-state index is 15.0. The van der Waals surface area contributed by atoms with Gasteiger partial charge in [0.15, 0.2) is 11.6 Å². The Bertz CT molecular complexity index is 1750. The van der Waals surface area contributed by atoms with Gasteiger partial charge in [-0.25, -0.2) is 14.2 Å². The number of nitrogens with zero attached hydrogens (tertiary/aromatic N) is 2. The van der Waals surface area contributed by atoms with Crippen molar-refractivity contribution in [3.63, 3.8) is 0 Å².